The standard InChI is InChI=1S/C46H29N5O2.2Pd/c1-30-45(32-12-4-3-5-13-32)31(2)50-46(49-30)51-43-28-37(52-35-16-10-14-33(26-35)41-18-6-8-24-47-41)20-22-39(43)40-23-21-38(29-44(40)51)53-36-17-11-15-34(27-36)42-19-7-9-25-48-42;;/h3-25H,1-2H3;;/q-4;2*+2. The van der Waals surface area contributed by atoms with E-state index in [0.29, 0.717) is 28.9 Å². The van der Waals surface area contributed by atoms with Gasteiger partial charge in [0, 0.05) is 41.0 Å². The van der Waals surface area contributed by atoms with E-state index in [1.165, 1.54) is 0 Å². The van der Waals surface area contributed by atoms with E-state index in [1.807, 2.05) is 134 Å². The zero-order valence-corrected chi connectivity index (χ0v) is 32.6. The Morgan fingerprint density at radius 1 is 0.473 bits per heavy atom. The number of rotatable bonds is 8. The van der Waals surface area contributed by atoms with Gasteiger partial charge in [0.25, 0.3) is 0 Å². The Hall–Kier alpha value is -5.80. The summed E-state index contributed by atoms with van der Waals surface area (Å²) in [6.07, 6.45) is 3.53. The quantitative estimate of drug-likeness (QED) is 0.112. The van der Waals surface area contributed by atoms with E-state index >= 15 is 0 Å². The third-order valence-electron chi connectivity index (χ3n) is 8.91. The summed E-state index contributed by atoms with van der Waals surface area (Å²) in [4.78, 5) is 19.1. The molecule has 9 rings (SSSR count). The van der Waals surface area contributed by atoms with Crippen LogP contribution in [-0.2, 0) is 40.8 Å². The van der Waals surface area contributed by atoms with Crippen molar-refractivity contribution < 1.29 is 50.3 Å². The van der Waals surface area contributed by atoms with Gasteiger partial charge in [0.1, 0.15) is 0 Å². The number of ether oxygens (including phenoxy) is 2. The molecule has 0 aliphatic rings. The van der Waals surface area contributed by atoms with E-state index in [9.17, 15) is 0 Å². The maximum atomic E-state index is 6.37. The molecular formula is C46H29N5O2Pd2. The summed E-state index contributed by atoms with van der Waals surface area (Å²) in [5.74, 6) is 2.63. The van der Waals surface area contributed by atoms with Gasteiger partial charge in [-0.15, -0.1) is 71.8 Å². The molecule has 0 saturated carbocycles. The van der Waals surface area contributed by atoms with Gasteiger partial charge < -0.3 is 24.0 Å². The summed E-state index contributed by atoms with van der Waals surface area (Å²) in [7, 11) is 0. The van der Waals surface area contributed by atoms with Crippen molar-refractivity contribution in [3.63, 3.8) is 0 Å². The molecule has 55 heavy (non-hydrogen) atoms. The number of hydrogen-bond donors (Lipinski definition) is 0. The van der Waals surface area contributed by atoms with Crippen molar-refractivity contribution in [2.24, 2.45) is 0 Å². The summed E-state index contributed by atoms with van der Waals surface area (Å²) >= 11 is 0. The van der Waals surface area contributed by atoms with Crippen molar-refractivity contribution in [1.82, 2.24) is 24.5 Å². The van der Waals surface area contributed by atoms with Crippen molar-refractivity contribution >= 4 is 21.8 Å². The molecule has 4 aromatic heterocycles. The topological polar surface area (TPSA) is 75.0 Å². The fourth-order valence-electron chi connectivity index (χ4n) is 6.56. The van der Waals surface area contributed by atoms with E-state index in [-0.39, 0.29) is 40.8 Å². The fourth-order valence-corrected chi connectivity index (χ4v) is 6.56. The van der Waals surface area contributed by atoms with Gasteiger partial charge >= 0.3 is 40.8 Å². The maximum Gasteiger partial charge on any atom is 2.00 e. The van der Waals surface area contributed by atoms with Crippen LogP contribution in [0.4, 0.5) is 0 Å². The molecule has 0 unspecified atom stereocenters. The zero-order chi connectivity index (χ0) is 35.7. The first-order chi connectivity index (χ1) is 26.1. The molecule has 0 spiro atoms. The molecular weight excluding hydrogens is 867 g/mol. The van der Waals surface area contributed by atoms with Gasteiger partial charge in [-0.2, -0.15) is 22.9 Å². The van der Waals surface area contributed by atoms with Crippen molar-refractivity contribution in [3.8, 4) is 62.6 Å². The van der Waals surface area contributed by atoms with Crippen LogP contribution >= 0.6 is 0 Å². The molecule has 9 aromatic rings. The van der Waals surface area contributed by atoms with E-state index in [2.05, 4.69) is 46.4 Å². The second kappa shape index (κ2) is 16.3. The Morgan fingerprint density at radius 3 is 1.42 bits per heavy atom. The van der Waals surface area contributed by atoms with Gasteiger partial charge in [-0.05, 0) is 42.9 Å². The molecule has 4 heterocycles. The minimum atomic E-state index is 0. The molecule has 0 saturated heterocycles. The van der Waals surface area contributed by atoms with E-state index in [1.54, 1.807) is 12.4 Å². The molecule has 7 nitrogen and oxygen atoms in total. The van der Waals surface area contributed by atoms with Crippen LogP contribution in [0.15, 0.2) is 140 Å². The fraction of sp³-hybridized carbons (Fsp3) is 0.0435. The maximum absolute atomic E-state index is 6.37. The molecule has 0 bridgehead atoms. The molecule has 5 aromatic carbocycles. The van der Waals surface area contributed by atoms with Gasteiger partial charge in [0.15, 0.2) is 0 Å². The molecule has 0 amide bonds. The SMILES string of the molecule is Cc1nc(-n2c3[c-]c(Oc4[c-]c(-c5ccccn5)ccc4)ccc3c3ccc(Oc4[c-]c(-c5ccccn5)ccc4)[c-]c32)nc(C)c1-c1ccccc1.[Pd+2].[Pd+2]. The smallest absolute Gasteiger partial charge is 0.503 e. The Kier molecular flexibility index (Phi) is 11.1. The monoisotopic (exact) mass is 895 g/mol. The van der Waals surface area contributed by atoms with Gasteiger partial charge in [0.05, 0.1) is 11.4 Å². The zero-order valence-electron chi connectivity index (χ0n) is 29.5. The molecule has 0 aliphatic heterocycles. The molecule has 0 fully saturated rings. The Balaban J connectivity index is 0.00000233. The van der Waals surface area contributed by atoms with Crippen molar-refractivity contribution in [2.75, 3.05) is 0 Å². The molecule has 0 N–H and O–H groups in total. The Labute approximate surface area is 346 Å². The van der Waals surface area contributed by atoms with Gasteiger partial charge in [-0.1, -0.05) is 77.8 Å². The van der Waals surface area contributed by atoms with E-state index in [0.717, 1.165) is 66.8 Å². The molecule has 0 atom stereocenters. The second-order valence-electron chi connectivity index (χ2n) is 12.4. The van der Waals surface area contributed by atoms with Crippen LogP contribution < -0.4 is 9.47 Å². The van der Waals surface area contributed by atoms with Crippen LogP contribution in [0.1, 0.15) is 11.4 Å². The molecule has 270 valence electrons. The van der Waals surface area contributed by atoms with Crippen molar-refractivity contribution in [1.29, 1.82) is 0 Å². The first-order valence-corrected chi connectivity index (χ1v) is 17.1. The number of aromatic nitrogens is 5. The molecule has 0 aliphatic carbocycles. The number of pyridine rings is 2. The Morgan fingerprint density at radius 2 is 0.945 bits per heavy atom. The third-order valence-corrected chi connectivity index (χ3v) is 8.91. The van der Waals surface area contributed by atoms with E-state index < -0.39 is 0 Å². The number of benzene rings is 5. The van der Waals surface area contributed by atoms with Gasteiger partial charge in [-0.3, -0.25) is 0 Å². The van der Waals surface area contributed by atoms with Crippen LogP contribution in [0, 0.1) is 38.1 Å². The number of fused-ring (bicyclic) bond motifs is 3. The number of nitrogens with zero attached hydrogens (tertiary/aromatic N) is 5. The average molecular weight is 897 g/mol. The summed E-state index contributed by atoms with van der Waals surface area (Å²) in [5, 5.41) is 1.88. The third kappa shape index (κ3) is 7.62. The van der Waals surface area contributed by atoms with Crippen LogP contribution in [0.25, 0.3) is 61.4 Å². The van der Waals surface area contributed by atoms with Crippen LogP contribution in [0.5, 0.6) is 23.0 Å². The summed E-state index contributed by atoms with van der Waals surface area (Å²) in [6, 6.07) is 54.9. The summed E-state index contributed by atoms with van der Waals surface area (Å²) < 4.78 is 14.7. The molecule has 0 radical (unpaired) electrons. The normalized spacial score (nSPS) is 10.8. The first-order valence-electron chi connectivity index (χ1n) is 17.1. The van der Waals surface area contributed by atoms with Crippen molar-refractivity contribution in [2.45, 2.75) is 13.8 Å². The van der Waals surface area contributed by atoms with Crippen LogP contribution in [0.3, 0.4) is 0 Å². The second-order valence-corrected chi connectivity index (χ2v) is 12.4. The minimum Gasteiger partial charge on any atom is -0.503 e. The van der Waals surface area contributed by atoms with E-state index in [4.69, 9.17) is 19.4 Å². The van der Waals surface area contributed by atoms with Gasteiger partial charge in [0.2, 0.25) is 5.95 Å². The van der Waals surface area contributed by atoms with Crippen LogP contribution in [0.2, 0.25) is 0 Å². The molecule has 9 heteroatoms. The minimum absolute atomic E-state index is 0. The Bertz CT molecular complexity index is 2590. The predicted octanol–water partition coefficient (Wildman–Crippen LogP) is 10.8. The predicted molar refractivity (Wildman–Crippen MR) is 206 cm³/mol. The van der Waals surface area contributed by atoms with Gasteiger partial charge in [-0.25, -0.2) is 9.97 Å². The average Bonchev–Trinajstić information content (AvgIpc) is 3.51. The largest absolute Gasteiger partial charge is 2.00 e. The van der Waals surface area contributed by atoms with Crippen LogP contribution in [-0.4, -0.2) is 24.5 Å². The number of hydrogen-bond acceptors (Lipinski definition) is 6. The summed E-state index contributed by atoms with van der Waals surface area (Å²) in [6.45, 7) is 4.03. The van der Waals surface area contributed by atoms with Crippen molar-refractivity contribution in [3.05, 3.63) is 175 Å². The number of aryl methyl sites for hydroxylation is 2. The summed E-state index contributed by atoms with van der Waals surface area (Å²) in [5.41, 5.74) is 8.55. The first kappa shape index (κ1) is 37.5.